The lowest BCUT2D eigenvalue weighted by Crippen LogP contribution is -2.54. The molecule has 1 aromatic rings. The molecule has 0 aliphatic carbocycles. The van der Waals surface area contributed by atoms with Crippen LogP contribution in [-0.4, -0.2) is 66.5 Å². The van der Waals surface area contributed by atoms with Gasteiger partial charge in [0.15, 0.2) is 0 Å². The van der Waals surface area contributed by atoms with E-state index in [-0.39, 0.29) is 23.3 Å². The second-order valence-electron chi connectivity index (χ2n) is 9.14. The summed E-state index contributed by atoms with van der Waals surface area (Å²) in [4.78, 5) is 29.5. The van der Waals surface area contributed by atoms with Crippen molar-refractivity contribution in [2.75, 3.05) is 39.3 Å². The van der Waals surface area contributed by atoms with Crippen LogP contribution >= 0.6 is 0 Å². The Morgan fingerprint density at radius 3 is 2.37 bits per heavy atom. The van der Waals surface area contributed by atoms with Crippen molar-refractivity contribution < 1.29 is 14.3 Å². The molecule has 3 rings (SSSR count). The number of hydrogen-bond donors (Lipinski definition) is 1. The summed E-state index contributed by atoms with van der Waals surface area (Å²) in [5, 5.41) is 3.18. The smallest absolute Gasteiger partial charge is 0.225 e. The first-order chi connectivity index (χ1) is 14.5. The van der Waals surface area contributed by atoms with E-state index in [4.69, 9.17) is 4.74 Å². The van der Waals surface area contributed by atoms with Gasteiger partial charge in [-0.25, -0.2) is 0 Å². The maximum Gasteiger partial charge on any atom is 0.225 e. The number of carbonyl (C=O) groups is 2. The Morgan fingerprint density at radius 1 is 1.03 bits per heavy atom. The van der Waals surface area contributed by atoms with Gasteiger partial charge in [0.05, 0.1) is 13.0 Å². The minimum Gasteiger partial charge on any atom is -0.493 e. The lowest BCUT2D eigenvalue weighted by Gasteiger charge is -2.41. The summed E-state index contributed by atoms with van der Waals surface area (Å²) in [6.45, 7) is 9.05. The molecule has 1 aromatic carbocycles. The predicted octanol–water partition coefficient (Wildman–Crippen LogP) is 3.07. The quantitative estimate of drug-likeness (QED) is 0.709. The molecule has 1 N–H and O–H groups in total. The van der Waals surface area contributed by atoms with Crippen LogP contribution in [0.25, 0.3) is 0 Å². The van der Waals surface area contributed by atoms with Gasteiger partial charge in [0.2, 0.25) is 11.8 Å². The molecule has 0 spiro atoms. The van der Waals surface area contributed by atoms with Gasteiger partial charge in [-0.3, -0.25) is 14.5 Å². The van der Waals surface area contributed by atoms with E-state index >= 15 is 0 Å². The number of nitrogens with one attached hydrogen (secondary N) is 1. The van der Waals surface area contributed by atoms with Crippen LogP contribution in [0, 0.1) is 5.92 Å². The van der Waals surface area contributed by atoms with Crippen molar-refractivity contribution in [3.05, 3.63) is 30.3 Å². The molecule has 0 bridgehead atoms. The minimum atomic E-state index is -0.00843. The molecule has 2 heterocycles. The molecule has 2 fully saturated rings. The standard InChI is InChI=1S/C24H37N3O3/c1-24(2,27-14-7-4-8-15-27)19-25-23(29)20-11-16-26(17-12-20)22(28)13-18-30-21-9-5-3-6-10-21/h3,5-6,9-10,20H,4,7-8,11-19H2,1-2H3,(H,25,29). The third kappa shape index (κ3) is 6.46. The average molecular weight is 416 g/mol. The zero-order valence-corrected chi connectivity index (χ0v) is 18.6. The summed E-state index contributed by atoms with van der Waals surface area (Å²) in [5.74, 6) is 1.04. The van der Waals surface area contributed by atoms with Crippen molar-refractivity contribution in [3.63, 3.8) is 0 Å². The van der Waals surface area contributed by atoms with Crippen molar-refractivity contribution in [2.45, 2.75) is 57.9 Å². The Balaban J connectivity index is 1.35. The summed E-state index contributed by atoms with van der Waals surface area (Å²) in [6.07, 6.45) is 5.66. The first-order valence-electron chi connectivity index (χ1n) is 11.4. The number of ether oxygens (including phenoxy) is 1. The van der Waals surface area contributed by atoms with E-state index in [0.29, 0.717) is 32.7 Å². The van der Waals surface area contributed by atoms with Gasteiger partial charge >= 0.3 is 0 Å². The number of piperidine rings is 2. The number of rotatable bonds is 8. The Hall–Kier alpha value is -2.08. The minimum absolute atomic E-state index is 0.00627. The van der Waals surface area contributed by atoms with E-state index in [9.17, 15) is 9.59 Å². The van der Waals surface area contributed by atoms with Crippen molar-refractivity contribution >= 4 is 11.8 Å². The first-order valence-corrected chi connectivity index (χ1v) is 11.4. The van der Waals surface area contributed by atoms with Crippen molar-refractivity contribution in [3.8, 4) is 5.75 Å². The maximum absolute atomic E-state index is 12.7. The number of nitrogens with zero attached hydrogens (tertiary/aromatic N) is 2. The molecule has 0 atom stereocenters. The molecule has 2 amide bonds. The molecule has 6 nitrogen and oxygen atoms in total. The number of hydrogen-bond acceptors (Lipinski definition) is 4. The highest BCUT2D eigenvalue weighted by Gasteiger charge is 2.31. The van der Waals surface area contributed by atoms with Crippen LogP contribution in [0.3, 0.4) is 0 Å². The molecular formula is C24H37N3O3. The normalized spacial score (nSPS) is 18.8. The van der Waals surface area contributed by atoms with Gasteiger partial charge in [-0.05, 0) is 64.8 Å². The van der Waals surface area contributed by atoms with Gasteiger partial charge in [0.25, 0.3) is 0 Å². The molecule has 30 heavy (non-hydrogen) atoms. The van der Waals surface area contributed by atoms with Crippen molar-refractivity contribution in [1.29, 1.82) is 0 Å². The Kier molecular flexibility index (Phi) is 8.14. The summed E-state index contributed by atoms with van der Waals surface area (Å²) >= 11 is 0. The fourth-order valence-electron chi connectivity index (χ4n) is 4.38. The lowest BCUT2D eigenvalue weighted by atomic mass is 9.94. The van der Waals surface area contributed by atoms with E-state index in [1.807, 2.05) is 35.2 Å². The SMILES string of the molecule is CC(C)(CNC(=O)C1CCN(C(=O)CCOc2ccccc2)CC1)N1CCCCC1. The lowest BCUT2D eigenvalue weighted by molar-refractivity contribution is -0.136. The van der Waals surface area contributed by atoms with Crippen LogP contribution < -0.4 is 10.1 Å². The van der Waals surface area contributed by atoms with Gasteiger partial charge in [0.1, 0.15) is 5.75 Å². The summed E-state index contributed by atoms with van der Waals surface area (Å²) in [7, 11) is 0. The first kappa shape index (κ1) is 22.6. The van der Waals surface area contributed by atoms with E-state index in [1.165, 1.54) is 19.3 Å². The predicted molar refractivity (Wildman–Crippen MR) is 118 cm³/mol. The average Bonchev–Trinajstić information content (AvgIpc) is 2.79. The summed E-state index contributed by atoms with van der Waals surface area (Å²) in [6, 6.07) is 9.55. The third-order valence-electron chi connectivity index (χ3n) is 6.45. The molecule has 2 aliphatic rings. The number of carbonyl (C=O) groups excluding carboxylic acids is 2. The van der Waals surface area contributed by atoms with E-state index < -0.39 is 0 Å². The second-order valence-corrected chi connectivity index (χ2v) is 9.14. The van der Waals surface area contributed by atoms with E-state index in [1.54, 1.807) is 0 Å². The molecule has 2 saturated heterocycles. The molecule has 0 saturated carbocycles. The zero-order valence-electron chi connectivity index (χ0n) is 18.6. The van der Waals surface area contributed by atoms with Crippen LogP contribution in [-0.2, 0) is 9.59 Å². The van der Waals surface area contributed by atoms with Gasteiger partial charge in [-0.15, -0.1) is 0 Å². The third-order valence-corrected chi connectivity index (χ3v) is 6.45. The van der Waals surface area contributed by atoms with Gasteiger partial charge < -0.3 is 15.0 Å². The van der Waals surface area contributed by atoms with Gasteiger partial charge in [-0.2, -0.15) is 0 Å². The van der Waals surface area contributed by atoms with Crippen LogP contribution in [0.2, 0.25) is 0 Å². The number of benzene rings is 1. The van der Waals surface area contributed by atoms with E-state index in [0.717, 1.165) is 31.7 Å². The molecule has 0 aromatic heterocycles. The number of amides is 2. The topological polar surface area (TPSA) is 61.9 Å². The highest BCUT2D eigenvalue weighted by molar-refractivity contribution is 5.80. The number of likely N-dealkylation sites (tertiary alicyclic amines) is 2. The van der Waals surface area contributed by atoms with Crippen LogP contribution in [0.5, 0.6) is 5.75 Å². The molecule has 0 unspecified atom stereocenters. The van der Waals surface area contributed by atoms with Crippen LogP contribution in [0.4, 0.5) is 0 Å². The molecule has 2 aliphatic heterocycles. The highest BCUT2D eigenvalue weighted by atomic mass is 16.5. The summed E-state index contributed by atoms with van der Waals surface area (Å²) < 4.78 is 5.62. The second kappa shape index (κ2) is 10.8. The highest BCUT2D eigenvalue weighted by Crippen LogP contribution is 2.22. The van der Waals surface area contributed by atoms with Gasteiger partial charge in [-0.1, -0.05) is 24.6 Å². The van der Waals surface area contributed by atoms with Gasteiger partial charge in [0, 0.05) is 31.1 Å². The maximum atomic E-state index is 12.7. The number of para-hydroxylation sites is 1. The Morgan fingerprint density at radius 2 is 1.70 bits per heavy atom. The van der Waals surface area contributed by atoms with Crippen LogP contribution in [0.1, 0.15) is 52.4 Å². The largest absolute Gasteiger partial charge is 0.493 e. The fraction of sp³-hybridized carbons (Fsp3) is 0.667. The fourth-order valence-corrected chi connectivity index (χ4v) is 4.38. The van der Waals surface area contributed by atoms with Crippen molar-refractivity contribution in [2.24, 2.45) is 5.92 Å². The van der Waals surface area contributed by atoms with Crippen molar-refractivity contribution in [1.82, 2.24) is 15.1 Å². The summed E-state index contributed by atoms with van der Waals surface area (Å²) in [5.41, 5.74) is -0.00843. The van der Waals surface area contributed by atoms with E-state index in [2.05, 4.69) is 24.1 Å². The monoisotopic (exact) mass is 415 g/mol. The Labute approximate surface area is 180 Å². The van der Waals surface area contributed by atoms with Crippen LogP contribution in [0.15, 0.2) is 30.3 Å². The molecule has 6 heteroatoms. The zero-order chi connectivity index (χ0) is 21.4. The molecular weight excluding hydrogens is 378 g/mol. The Bertz CT molecular complexity index is 678. The molecule has 166 valence electrons. The molecule has 0 radical (unpaired) electrons.